The summed E-state index contributed by atoms with van der Waals surface area (Å²) in [6.07, 6.45) is 1.81. The number of aliphatic carboxylic acids is 1. The Balaban J connectivity index is 0.000000360. The molecule has 3 heterocycles. The molecule has 0 radical (unpaired) electrons. The molecule has 0 aliphatic carbocycles. The summed E-state index contributed by atoms with van der Waals surface area (Å²) in [5, 5.41) is 11.5. The number of pyridine rings is 2. The van der Waals surface area contributed by atoms with Crippen LogP contribution in [0.1, 0.15) is 11.1 Å². The van der Waals surface area contributed by atoms with Crippen molar-refractivity contribution < 1.29 is 31.9 Å². The van der Waals surface area contributed by atoms with Crippen molar-refractivity contribution in [2.24, 2.45) is 0 Å². The molecule has 1 aromatic carbocycles. The molecule has 0 spiro atoms. The van der Waals surface area contributed by atoms with E-state index >= 15 is 0 Å². The molecule has 0 aliphatic heterocycles. The second-order valence-electron chi connectivity index (χ2n) is 6.66. The summed E-state index contributed by atoms with van der Waals surface area (Å²) in [5.41, 5.74) is 5.03. The Morgan fingerprint density at radius 2 is 1.75 bits per heavy atom. The van der Waals surface area contributed by atoms with E-state index in [1.54, 1.807) is 18.6 Å². The first kappa shape index (κ1) is 22.8. The van der Waals surface area contributed by atoms with Crippen LogP contribution < -0.4 is 0 Å². The van der Waals surface area contributed by atoms with Gasteiger partial charge in [-0.1, -0.05) is 6.07 Å². The Kier molecular flexibility index (Phi) is 6.47. The largest absolute Gasteiger partial charge is 0.490 e. The van der Waals surface area contributed by atoms with Crippen LogP contribution in [0.4, 0.5) is 22.0 Å². The van der Waals surface area contributed by atoms with E-state index in [9.17, 15) is 22.0 Å². The number of carboxylic acid groups (broad SMARTS) is 1. The number of fused-ring (bicyclic) bond motifs is 1. The fourth-order valence-corrected chi connectivity index (χ4v) is 2.74. The van der Waals surface area contributed by atoms with Crippen LogP contribution in [0.2, 0.25) is 0 Å². The third-order valence-electron chi connectivity index (χ3n) is 4.46. The number of hydrogen-bond acceptors (Lipinski definition) is 4. The highest BCUT2D eigenvalue weighted by Gasteiger charge is 2.38. The Morgan fingerprint density at radius 3 is 2.38 bits per heavy atom. The van der Waals surface area contributed by atoms with Crippen LogP contribution in [0.5, 0.6) is 0 Å². The molecule has 11 heteroatoms. The molecule has 0 aliphatic rings. The van der Waals surface area contributed by atoms with E-state index in [1.165, 1.54) is 12.1 Å². The van der Waals surface area contributed by atoms with Crippen LogP contribution in [0.3, 0.4) is 0 Å². The standard InChI is InChI=1S/C19H14F2N4.C2HF3O2/c1-12-4-5-22-8-15(12)11-25-19-7-14(9-23-18(19)10-24-25)13-2-3-16(20)17(21)6-13;3-2(4,5)1(6)7/h2-10H,11H2,1H3;(H,6,7). The molecule has 0 unspecified atom stereocenters. The van der Waals surface area contributed by atoms with Crippen LogP contribution in [0.25, 0.3) is 22.2 Å². The van der Waals surface area contributed by atoms with Gasteiger partial charge in [0.15, 0.2) is 11.6 Å². The number of alkyl halides is 3. The van der Waals surface area contributed by atoms with Crippen molar-refractivity contribution in [3.05, 3.63) is 77.9 Å². The van der Waals surface area contributed by atoms with Gasteiger partial charge in [0.25, 0.3) is 0 Å². The summed E-state index contributed by atoms with van der Waals surface area (Å²) in [5.74, 6) is -4.50. The van der Waals surface area contributed by atoms with Gasteiger partial charge in [-0.3, -0.25) is 14.6 Å². The lowest BCUT2D eigenvalue weighted by atomic mass is 10.1. The number of carbonyl (C=O) groups is 1. The Bertz CT molecular complexity index is 1270. The van der Waals surface area contributed by atoms with Gasteiger partial charge in [-0.25, -0.2) is 13.6 Å². The average molecular weight is 450 g/mol. The average Bonchev–Trinajstić information content (AvgIpc) is 3.13. The smallest absolute Gasteiger partial charge is 0.475 e. The summed E-state index contributed by atoms with van der Waals surface area (Å²) < 4.78 is 60.2. The molecule has 166 valence electrons. The van der Waals surface area contributed by atoms with Gasteiger partial charge in [0.1, 0.15) is 5.52 Å². The maximum Gasteiger partial charge on any atom is 0.490 e. The molecule has 0 saturated heterocycles. The molecule has 0 amide bonds. The van der Waals surface area contributed by atoms with E-state index in [0.717, 1.165) is 28.2 Å². The van der Waals surface area contributed by atoms with Crippen molar-refractivity contribution in [2.45, 2.75) is 19.6 Å². The van der Waals surface area contributed by atoms with E-state index in [-0.39, 0.29) is 0 Å². The van der Waals surface area contributed by atoms with Crippen LogP contribution in [-0.2, 0) is 11.3 Å². The van der Waals surface area contributed by atoms with Gasteiger partial charge >= 0.3 is 12.1 Å². The number of nitrogens with zero attached hydrogens (tertiary/aromatic N) is 4. The van der Waals surface area contributed by atoms with Gasteiger partial charge in [0.05, 0.1) is 18.3 Å². The molecule has 1 N–H and O–H groups in total. The third kappa shape index (κ3) is 5.23. The normalized spacial score (nSPS) is 11.2. The summed E-state index contributed by atoms with van der Waals surface area (Å²) in [4.78, 5) is 17.4. The molecular weight excluding hydrogens is 435 g/mol. The zero-order chi connectivity index (χ0) is 23.5. The van der Waals surface area contributed by atoms with Crippen LogP contribution in [-0.4, -0.2) is 37.0 Å². The Labute approximate surface area is 178 Å². The Hall–Kier alpha value is -3.89. The van der Waals surface area contributed by atoms with Crippen molar-refractivity contribution in [2.75, 3.05) is 0 Å². The SMILES string of the molecule is Cc1ccncc1Cn1ncc2ncc(-c3ccc(F)c(F)c3)cc21.O=C(O)C(F)(F)F. The van der Waals surface area contributed by atoms with Gasteiger partial charge in [-0.05, 0) is 47.9 Å². The Morgan fingerprint density at radius 1 is 1.03 bits per heavy atom. The van der Waals surface area contributed by atoms with Crippen molar-refractivity contribution in [1.29, 1.82) is 0 Å². The molecule has 32 heavy (non-hydrogen) atoms. The minimum absolute atomic E-state index is 0.562. The first-order chi connectivity index (χ1) is 15.1. The van der Waals surface area contributed by atoms with E-state index in [1.807, 2.05) is 29.9 Å². The van der Waals surface area contributed by atoms with Crippen molar-refractivity contribution in [3.8, 4) is 11.1 Å². The predicted octanol–water partition coefficient (Wildman–Crippen LogP) is 4.76. The highest BCUT2D eigenvalue weighted by molar-refractivity contribution is 5.80. The number of aromatic nitrogens is 4. The summed E-state index contributed by atoms with van der Waals surface area (Å²) in [6.45, 7) is 2.58. The van der Waals surface area contributed by atoms with Crippen molar-refractivity contribution >= 4 is 17.0 Å². The minimum atomic E-state index is -5.08. The quantitative estimate of drug-likeness (QED) is 0.455. The second-order valence-corrected chi connectivity index (χ2v) is 6.66. The second kappa shape index (κ2) is 9.08. The third-order valence-corrected chi connectivity index (χ3v) is 4.46. The van der Waals surface area contributed by atoms with Gasteiger partial charge in [0.2, 0.25) is 0 Å². The summed E-state index contributed by atoms with van der Waals surface area (Å²) in [6, 6.07) is 7.66. The first-order valence-electron chi connectivity index (χ1n) is 9.03. The van der Waals surface area contributed by atoms with Crippen LogP contribution >= 0.6 is 0 Å². The lowest BCUT2D eigenvalue weighted by molar-refractivity contribution is -0.192. The van der Waals surface area contributed by atoms with Crippen molar-refractivity contribution in [3.63, 3.8) is 0 Å². The zero-order valence-corrected chi connectivity index (χ0v) is 16.4. The van der Waals surface area contributed by atoms with E-state index in [2.05, 4.69) is 15.1 Å². The molecular formula is C21H15F5N4O2. The monoisotopic (exact) mass is 450 g/mol. The molecule has 6 nitrogen and oxygen atoms in total. The number of benzene rings is 1. The maximum atomic E-state index is 13.5. The van der Waals surface area contributed by atoms with Gasteiger partial charge < -0.3 is 5.11 Å². The fraction of sp³-hybridized carbons (Fsp3) is 0.143. The van der Waals surface area contributed by atoms with Crippen LogP contribution in [0.15, 0.2) is 55.1 Å². The summed E-state index contributed by atoms with van der Waals surface area (Å²) in [7, 11) is 0. The number of carboxylic acids is 1. The molecule has 0 saturated carbocycles. The number of aryl methyl sites for hydroxylation is 1. The molecule has 4 aromatic rings. The molecule has 0 atom stereocenters. The predicted molar refractivity (Wildman–Crippen MR) is 105 cm³/mol. The highest BCUT2D eigenvalue weighted by Crippen LogP contribution is 2.25. The van der Waals surface area contributed by atoms with Gasteiger partial charge in [-0.15, -0.1) is 0 Å². The lowest BCUT2D eigenvalue weighted by Gasteiger charge is -2.07. The molecule has 0 fully saturated rings. The molecule has 0 bridgehead atoms. The van der Waals surface area contributed by atoms with Crippen molar-refractivity contribution in [1.82, 2.24) is 19.7 Å². The number of hydrogen-bond donors (Lipinski definition) is 1. The molecule has 3 aromatic heterocycles. The minimum Gasteiger partial charge on any atom is -0.475 e. The molecule has 4 rings (SSSR count). The zero-order valence-electron chi connectivity index (χ0n) is 16.4. The van der Waals surface area contributed by atoms with Gasteiger partial charge in [0, 0.05) is 24.2 Å². The van der Waals surface area contributed by atoms with E-state index in [0.29, 0.717) is 17.7 Å². The summed E-state index contributed by atoms with van der Waals surface area (Å²) >= 11 is 0. The topological polar surface area (TPSA) is 80.9 Å². The highest BCUT2D eigenvalue weighted by atomic mass is 19.4. The van der Waals surface area contributed by atoms with Gasteiger partial charge in [-0.2, -0.15) is 18.3 Å². The van der Waals surface area contributed by atoms with Crippen LogP contribution in [0, 0.1) is 18.6 Å². The van der Waals surface area contributed by atoms with E-state index < -0.39 is 23.8 Å². The number of halogens is 5. The van der Waals surface area contributed by atoms with E-state index in [4.69, 9.17) is 9.90 Å². The maximum absolute atomic E-state index is 13.5. The number of rotatable bonds is 3. The fourth-order valence-electron chi connectivity index (χ4n) is 2.74. The lowest BCUT2D eigenvalue weighted by Crippen LogP contribution is -2.21. The first-order valence-corrected chi connectivity index (χ1v) is 9.03.